The van der Waals surface area contributed by atoms with Crippen molar-refractivity contribution < 1.29 is 33.8 Å². The quantitative estimate of drug-likeness (QED) is 0.273. The Labute approximate surface area is 224 Å². The molecule has 0 bridgehead atoms. The number of carbonyl (C=O) groups is 4. The number of carbonyl (C=O) groups excluding carboxylic acids is 4. The molecule has 0 saturated heterocycles. The third-order valence-corrected chi connectivity index (χ3v) is 6.13. The van der Waals surface area contributed by atoms with Crippen LogP contribution in [0.15, 0.2) is 30.7 Å². The van der Waals surface area contributed by atoms with Crippen LogP contribution in [0.5, 0.6) is 0 Å². The molecule has 0 radical (unpaired) electrons. The third kappa shape index (κ3) is 5.98. The number of anilines is 2. The number of ether oxygens (including phenoxy) is 2. The van der Waals surface area contributed by atoms with E-state index in [-0.39, 0.29) is 34.9 Å². The van der Waals surface area contributed by atoms with Crippen LogP contribution in [-0.4, -0.2) is 69.1 Å². The van der Waals surface area contributed by atoms with Crippen molar-refractivity contribution >= 4 is 40.9 Å². The lowest BCUT2D eigenvalue weighted by atomic mass is 10.1. The minimum Gasteiger partial charge on any atom is -0.426 e. The summed E-state index contributed by atoms with van der Waals surface area (Å²) in [6.45, 7) is 6.10. The van der Waals surface area contributed by atoms with Gasteiger partial charge in [0.15, 0.2) is 5.82 Å². The second-order valence-corrected chi connectivity index (χ2v) is 9.16. The van der Waals surface area contributed by atoms with Crippen LogP contribution in [0.1, 0.15) is 58.5 Å². The second-order valence-electron chi connectivity index (χ2n) is 9.16. The van der Waals surface area contributed by atoms with E-state index < -0.39 is 25.0 Å². The van der Waals surface area contributed by atoms with Crippen molar-refractivity contribution in [1.82, 2.24) is 25.2 Å². The molecule has 1 aliphatic rings. The van der Waals surface area contributed by atoms with E-state index in [9.17, 15) is 24.3 Å². The minimum absolute atomic E-state index is 0.0796. The highest BCUT2D eigenvalue weighted by atomic mass is 16.7. The van der Waals surface area contributed by atoms with Crippen molar-refractivity contribution in [1.29, 1.82) is 0 Å². The van der Waals surface area contributed by atoms with Gasteiger partial charge in [-0.25, -0.2) is 24.0 Å². The van der Waals surface area contributed by atoms with E-state index in [1.54, 1.807) is 39.1 Å². The van der Waals surface area contributed by atoms with Crippen LogP contribution in [0.3, 0.4) is 0 Å². The van der Waals surface area contributed by atoms with Gasteiger partial charge in [0, 0.05) is 24.3 Å². The van der Waals surface area contributed by atoms with Gasteiger partial charge in [0.05, 0.1) is 11.3 Å². The summed E-state index contributed by atoms with van der Waals surface area (Å²) in [5.41, 5.74) is 2.43. The molecule has 1 fully saturated rings. The number of amides is 3. The fourth-order valence-corrected chi connectivity index (χ4v) is 3.90. The zero-order valence-corrected chi connectivity index (χ0v) is 22.1. The molecule has 0 aliphatic heterocycles. The number of nitrogens with one attached hydrogen (secondary N) is 2. The van der Waals surface area contributed by atoms with Gasteiger partial charge in [0.2, 0.25) is 6.79 Å². The summed E-state index contributed by atoms with van der Waals surface area (Å²) >= 11 is 0. The van der Waals surface area contributed by atoms with Gasteiger partial charge < -0.3 is 25.2 Å². The van der Waals surface area contributed by atoms with Crippen LogP contribution in [-0.2, 0) is 14.3 Å². The molecule has 13 nitrogen and oxygen atoms in total. The van der Waals surface area contributed by atoms with E-state index in [1.165, 1.54) is 23.8 Å². The number of esters is 1. The molecule has 13 heteroatoms. The molecular weight excluding hydrogens is 508 g/mol. The van der Waals surface area contributed by atoms with Gasteiger partial charge in [-0.3, -0.25) is 9.59 Å². The van der Waals surface area contributed by atoms with E-state index in [1.807, 2.05) is 0 Å². The predicted octanol–water partition coefficient (Wildman–Crippen LogP) is 2.14. The molecule has 4 rings (SSSR count). The molecule has 1 aliphatic carbocycles. The average Bonchev–Trinajstić information content (AvgIpc) is 3.65. The van der Waals surface area contributed by atoms with Gasteiger partial charge >= 0.3 is 12.1 Å². The number of aliphatic hydroxyl groups excluding tert-OH is 1. The number of aliphatic hydroxyl groups is 1. The van der Waals surface area contributed by atoms with E-state index in [2.05, 4.69) is 20.7 Å². The Hall–Kier alpha value is -4.52. The van der Waals surface area contributed by atoms with Crippen molar-refractivity contribution in [3.8, 4) is 0 Å². The first kappa shape index (κ1) is 27.5. The van der Waals surface area contributed by atoms with Gasteiger partial charge in [-0.05, 0) is 63.8 Å². The van der Waals surface area contributed by atoms with Gasteiger partial charge in [-0.1, -0.05) is 6.07 Å². The highest BCUT2D eigenvalue weighted by Gasteiger charge is 2.30. The van der Waals surface area contributed by atoms with E-state index in [4.69, 9.17) is 9.47 Å². The maximum absolute atomic E-state index is 13.5. The molecule has 1 saturated carbocycles. The molecule has 3 amide bonds. The molecule has 1 aromatic carbocycles. The summed E-state index contributed by atoms with van der Waals surface area (Å²) in [6, 6.07) is 4.95. The van der Waals surface area contributed by atoms with Crippen LogP contribution in [0.2, 0.25) is 0 Å². The number of benzene rings is 1. The standard InChI is InChI=1S/C26H30N6O7/c1-5-27-23(34)17-7-6-14(2)20(10-17)32(26(37)39-13-38-25(36)16(4)33)22-21-15(3)19(11-31(21)29-12-28-22)24(35)30-18-8-9-18/h6-7,10-12,16,18,33H,5,8-9,13H2,1-4H3,(H,27,34)(H,30,35). The smallest absolute Gasteiger partial charge is 0.423 e. The maximum Gasteiger partial charge on any atom is 0.423 e. The summed E-state index contributed by atoms with van der Waals surface area (Å²) in [4.78, 5) is 56.1. The Morgan fingerprint density at radius 3 is 2.59 bits per heavy atom. The molecule has 0 spiro atoms. The molecule has 1 atom stereocenters. The lowest BCUT2D eigenvalue weighted by molar-refractivity contribution is -0.160. The minimum atomic E-state index is -1.40. The molecule has 206 valence electrons. The van der Waals surface area contributed by atoms with Crippen molar-refractivity contribution in [2.24, 2.45) is 0 Å². The molecular formula is C26H30N6O7. The van der Waals surface area contributed by atoms with Crippen LogP contribution < -0.4 is 15.5 Å². The Morgan fingerprint density at radius 1 is 1.18 bits per heavy atom. The number of aryl methyl sites for hydroxylation is 2. The van der Waals surface area contributed by atoms with E-state index in [0.717, 1.165) is 17.7 Å². The Morgan fingerprint density at radius 2 is 1.92 bits per heavy atom. The van der Waals surface area contributed by atoms with Crippen molar-refractivity contribution in [3.63, 3.8) is 0 Å². The van der Waals surface area contributed by atoms with Gasteiger partial charge in [0.1, 0.15) is 17.9 Å². The van der Waals surface area contributed by atoms with Crippen LogP contribution >= 0.6 is 0 Å². The first-order chi connectivity index (χ1) is 18.6. The lowest BCUT2D eigenvalue weighted by Gasteiger charge is -2.24. The first-order valence-corrected chi connectivity index (χ1v) is 12.5. The Kier molecular flexibility index (Phi) is 8.10. The molecule has 1 unspecified atom stereocenters. The maximum atomic E-state index is 13.5. The summed E-state index contributed by atoms with van der Waals surface area (Å²) in [7, 11) is 0. The largest absolute Gasteiger partial charge is 0.426 e. The molecule has 3 N–H and O–H groups in total. The number of rotatable bonds is 9. The van der Waals surface area contributed by atoms with E-state index >= 15 is 0 Å². The third-order valence-electron chi connectivity index (χ3n) is 6.13. The van der Waals surface area contributed by atoms with E-state index in [0.29, 0.717) is 28.8 Å². The summed E-state index contributed by atoms with van der Waals surface area (Å²) in [5, 5.41) is 19.2. The van der Waals surface area contributed by atoms with Crippen LogP contribution in [0.25, 0.3) is 5.52 Å². The number of hydrogen-bond donors (Lipinski definition) is 3. The Bertz CT molecular complexity index is 1430. The highest BCUT2D eigenvalue weighted by molar-refractivity contribution is 6.05. The molecule has 39 heavy (non-hydrogen) atoms. The zero-order chi connectivity index (χ0) is 28.3. The van der Waals surface area contributed by atoms with Gasteiger partial charge in [-0.2, -0.15) is 5.10 Å². The van der Waals surface area contributed by atoms with Crippen molar-refractivity contribution in [2.45, 2.75) is 52.7 Å². The number of aromatic nitrogens is 3. The number of fused-ring (bicyclic) bond motifs is 1. The normalized spacial score (nSPS) is 13.5. The summed E-state index contributed by atoms with van der Waals surface area (Å²) in [6.07, 6.45) is 2.24. The first-order valence-electron chi connectivity index (χ1n) is 12.5. The SMILES string of the molecule is CCNC(=O)c1ccc(C)c(N(C(=O)OCOC(=O)C(C)O)c2ncnn3cc(C(=O)NC4CC4)c(C)c23)c1. The summed E-state index contributed by atoms with van der Waals surface area (Å²) < 4.78 is 11.5. The van der Waals surface area contributed by atoms with Crippen LogP contribution in [0.4, 0.5) is 16.3 Å². The zero-order valence-electron chi connectivity index (χ0n) is 22.1. The molecule has 3 aromatic rings. The second kappa shape index (κ2) is 11.5. The highest BCUT2D eigenvalue weighted by Crippen LogP contribution is 2.34. The van der Waals surface area contributed by atoms with Gasteiger partial charge in [0.25, 0.3) is 11.8 Å². The fourth-order valence-electron chi connectivity index (χ4n) is 3.90. The van der Waals surface area contributed by atoms with Crippen LogP contribution in [0, 0.1) is 13.8 Å². The van der Waals surface area contributed by atoms with Gasteiger partial charge in [-0.15, -0.1) is 0 Å². The fraction of sp³-hybridized carbons (Fsp3) is 0.385. The Balaban J connectivity index is 1.80. The van der Waals surface area contributed by atoms with Crippen molar-refractivity contribution in [2.75, 3.05) is 18.2 Å². The topological polar surface area (TPSA) is 164 Å². The average molecular weight is 539 g/mol. The predicted molar refractivity (Wildman–Crippen MR) is 139 cm³/mol. The van der Waals surface area contributed by atoms with Crippen molar-refractivity contribution in [3.05, 3.63) is 53.0 Å². The monoisotopic (exact) mass is 538 g/mol. The lowest BCUT2D eigenvalue weighted by Crippen LogP contribution is -2.31. The summed E-state index contributed by atoms with van der Waals surface area (Å²) in [5.74, 6) is -1.50. The molecule has 2 aromatic heterocycles. The molecule has 2 heterocycles. The number of hydrogen-bond acceptors (Lipinski definition) is 9. The number of nitrogens with zero attached hydrogens (tertiary/aromatic N) is 4.